The molecule has 1 saturated carbocycles. The van der Waals surface area contributed by atoms with Crippen LogP contribution >= 0.6 is 0 Å². The Morgan fingerprint density at radius 1 is 0.771 bits per heavy atom. The van der Waals surface area contributed by atoms with E-state index in [1.165, 1.54) is 17.7 Å². The molecule has 0 unspecified atom stereocenters. The molecule has 1 heterocycles. The molecule has 0 radical (unpaired) electrons. The number of aryl methyl sites for hydroxylation is 2. The van der Waals surface area contributed by atoms with Gasteiger partial charge in [0.2, 0.25) is 5.91 Å². The maximum Gasteiger partial charge on any atom is 0.235 e. The second-order valence-corrected chi connectivity index (χ2v) is 8.92. The van der Waals surface area contributed by atoms with Crippen molar-refractivity contribution in [3.63, 3.8) is 0 Å². The molecule has 0 spiro atoms. The van der Waals surface area contributed by atoms with Gasteiger partial charge >= 0.3 is 0 Å². The lowest BCUT2D eigenvalue weighted by molar-refractivity contribution is -0.118. The lowest BCUT2D eigenvalue weighted by Gasteiger charge is -2.16. The van der Waals surface area contributed by atoms with Gasteiger partial charge in [-0.1, -0.05) is 29.8 Å². The Balaban J connectivity index is 1.25. The number of nitrogens with zero attached hydrogens (tertiary/aromatic N) is 2. The molecule has 0 saturated heterocycles. The number of carbonyl (C=O) groups excluding carboxylic acids is 1. The van der Waals surface area contributed by atoms with Crippen molar-refractivity contribution >= 4 is 34.6 Å². The first kappa shape index (κ1) is 22.5. The lowest BCUT2D eigenvalue weighted by atomic mass is 9.95. The number of hydrogen-bond acceptors (Lipinski definition) is 5. The Kier molecular flexibility index (Phi) is 5.91. The maximum atomic E-state index is 13.3. The van der Waals surface area contributed by atoms with Gasteiger partial charge in [0.1, 0.15) is 23.3 Å². The van der Waals surface area contributed by atoms with Gasteiger partial charge in [-0.05, 0) is 80.8 Å². The standard InChI is InChI=1S/C28H26FN5O/c1-18-3-9-22(10-4-18)32-25-17-26(31-19(2)30-25)33-23-11-13-24(14-12-23)34-27(35)28(15-16-28)20-5-7-21(29)8-6-20/h3-14,17H,15-16H2,1-2H3,(H,34,35)(H2,30,31,32,33). The normalized spacial score (nSPS) is 13.7. The number of nitrogens with one attached hydrogen (secondary N) is 3. The van der Waals surface area contributed by atoms with Crippen LogP contribution in [0.15, 0.2) is 78.9 Å². The maximum absolute atomic E-state index is 13.3. The number of anilines is 5. The number of halogens is 1. The quantitative estimate of drug-likeness (QED) is 0.294. The first-order valence-corrected chi connectivity index (χ1v) is 11.5. The van der Waals surface area contributed by atoms with Crippen LogP contribution in [0.3, 0.4) is 0 Å². The third kappa shape index (κ3) is 5.14. The second kappa shape index (κ2) is 9.18. The summed E-state index contributed by atoms with van der Waals surface area (Å²) in [7, 11) is 0. The summed E-state index contributed by atoms with van der Waals surface area (Å²) in [4.78, 5) is 21.9. The molecule has 1 aliphatic rings. The highest BCUT2D eigenvalue weighted by Gasteiger charge is 2.51. The highest BCUT2D eigenvalue weighted by Crippen LogP contribution is 2.49. The van der Waals surface area contributed by atoms with Gasteiger partial charge in [0.25, 0.3) is 0 Å². The number of benzene rings is 3. The average Bonchev–Trinajstić information content (AvgIpc) is 3.64. The fraction of sp³-hybridized carbons (Fsp3) is 0.179. The summed E-state index contributed by atoms with van der Waals surface area (Å²) < 4.78 is 13.3. The van der Waals surface area contributed by atoms with Crippen LogP contribution in [0.2, 0.25) is 0 Å². The van der Waals surface area contributed by atoms with Crippen molar-refractivity contribution in [2.75, 3.05) is 16.0 Å². The summed E-state index contributed by atoms with van der Waals surface area (Å²) in [5, 5.41) is 9.60. The van der Waals surface area contributed by atoms with E-state index in [9.17, 15) is 9.18 Å². The molecule has 1 aliphatic carbocycles. The summed E-state index contributed by atoms with van der Waals surface area (Å²) in [6.45, 7) is 3.89. The SMILES string of the molecule is Cc1ccc(Nc2cc(Nc3ccc(NC(=O)C4(c5ccc(F)cc5)CC4)cc3)nc(C)n2)cc1. The van der Waals surface area contributed by atoms with Crippen molar-refractivity contribution in [2.45, 2.75) is 32.1 Å². The van der Waals surface area contributed by atoms with Crippen LogP contribution in [0.5, 0.6) is 0 Å². The zero-order valence-corrected chi connectivity index (χ0v) is 19.6. The van der Waals surface area contributed by atoms with E-state index >= 15 is 0 Å². The Bertz CT molecular complexity index is 1350. The Hall–Kier alpha value is -4.26. The molecule has 176 valence electrons. The van der Waals surface area contributed by atoms with E-state index in [4.69, 9.17) is 0 Å². The zero-order chi connectivity index (χ0) is 24.4. The predicted molar refractivity (Wildman–Crippen MR) is 137 cm³/mol. The van der Waals surface area contributed by atoms with Crippen molar-refractivity contribution in [3.05, 3.63) is 102 Å². The molecule has 0 atom stereocenters. The Labute approximate surface area is 203 Å². The number of aromatic nitrogens is 2. The molecule has 0 aliphatic heterocycles. The zero-order valence-electron chi connectivity index (χ0n) is 19.6. The molecule has 7 heteroatoms. The van der Waals surface area contributed by atoms with Crippen molar-refractivity contribution in [2.24, 2.45) is 0 Å². The summed E-state index contributed by atoms with van der Waals surface area (Å²) >= 11 is 0. The van der Waals surface area contributed by atoms with E-state index in [1.807, 2.05) is 68.4 Å². The van der Waals surface area contributed by atoms with Gasteiger partial charge in [-0.2, -0.15) is 0 Å². The number of amides is 1. The van der Waals surface area contributed by atoms with Gasteiger partial charge in [-0.3, -0.25) is 4.79 Å². The van der Waals surface area contributed by atoms with Crippen molar-refractivity contribution < 1.29 is 9.18 Å². The van der Waals surface area contributed by atoms with E-state index < -0.39 is 5.41 Å². The second-order valence-electron chi connectivity index (χ2n) is 8.92. The minimum Gasteiger partial charge on any atom is -0.340 e. The van der Waals surface area contributed by atoms with Gasteiger partial charge in [0, 0.05) is 23.1 Å². The van der Waals surface area contributed by atoms with Gasteiger partial charge in [-0.25, -0.2) is 14.4 Å². The van der Waals surface area contributed by atoms with E-state index in [2.05, 4.69) is 25.9 Å². The third-order valence-electron chi connectivity index (χ3n) is 6.16. The molecule has 5 rings (SSSR count). The lowest BCUT2D eigenvalue weighted by Crippen LogP contribution is -2.27. The van der Waals surface area contributed by atoms with Crippen LogP contribution in [0.4, 0.5) is 33.1 Å². The predicted octanol–water partition coefficient (Wildman–Crippen LogP) is 6.39. The Morgan fingerprint density at radius 3 is 1.83 bits per heavy atom. The van der Waals surface area contributed by atoms with Crippen molar-refractivity contribution in [3.8, 4) is 0 Å². The molecule has 3 N–H and O–H groups in total. The summed E-state index contributed by atoms with van der Waals surface area (Å²) in [5.74, 6) is 1.64. The van der Waals surface area contributed by atoms with Crippen LogP contribution in [-0.4, -0.2) is 15.9 Å². The average molecular weight is 468 g/mol. The third-order valence-corrected chi connectivity index (χ3v) is 6.16. The van der Waals surface area contributed by atoms with Crippen molar-refractivity contribution in [1.82, 2.24) is 9.97 Å². The van der Waals surface area contributed by atoms with E-state index in [0.717, 1.165) is 29.8 Å². The molecule has 1 aromatic heterocycles. The van der Waals surface area contributed by atoms with Crippen LogP contribution in [0, 0.1) is 19.7 Å². The molecule has 1 fully saturated rings. The summed E-state index contributed by atoms with van der Waals surface area (Å²) in [5.41, 5.74) is 3.97. The minimum absolute atomic E-state index is 0.0666. The van der Waals surface area contributed by atoms with Gasteiger partial charge < -0.3 is 16.0 Å². The smallest absolute Gasteiger partial charge is 0.235 e. The minimum atomic E-state index is -0.566. The van der Waals surface area contributed by atoms with Crippen molar-refractivity contribution in [1.29, 1.82) is 0 Å². The molecule has 4 aromatic rings. The number of carbonyl (C=O) groups is 1. The first-order chi connectivity index (χ1) is 16.9. The van der Waals surface area contributed by atoms with Crippen LogP contribution in [0.25, 0.3) is 0 Å². The van der Waals surface area contributed by atoms with Gasteiger partial charge in [-0.15, -0.1) is 0 Å². The number of rotatable bonds is 7. The largest absolute Gasteiger partial charge is 0.340 e. The fourth-order valence-corrected chi connectivity index (χ4v) is 4.06. The van der Waals surface area contributed by atoms with E-state index in [1.54, 1.807) is 12.1 Å². The molecule has 3 aromatic carbocycles. The highest BCUT2D eigenvalue weighted by molar-refractivity contribution is 6.01. The fourth-order valence-electron chi connectivity index (χ4n) is 4.06. The van der Waals surface area contributed by atoms with Crippen LogP contribution in [-0.2, 0) is 10.2 Å². The molecular weight excluding hydrogens is 441 g/mol. The van der Waals surface area contributed by atoms with Crippen LogP contribution < -0.4 is 16.0 Å². The Morgan fingerprint density at radius 2 is 1.29 bits per heavy atom. The topological polar surface area (TPSA) is 78.9 Å². The molecule has 35 heavy (non-hydrogen) atoms. The van der Waals surface area contributed by atoms with E-state index in [-0.39, 0.29) is 11.7 Å². The van der Waals surface area contributed by atoms with Crippen LogP contribution in [0.1, 0.15) is 29.8 Å². The first-order valence-electron chi connectivity index (χ1n) is 11.5. The van der Waals surface area contributed by atoms with E-state index in [0.29, 0.717) is 23.1 Å². The summed E-state index contributed by atoms with van der Waals surface area (Å²) in [6.07, 6.45) is 1.52. The monoisotopic (exact) mass is 467 g/mol. The summed E-state index contributed by atoms with van der Waals surface area (Å²) in [6, 6.07) is 23.6. The van der Waals surface area contributed by atoms with Gasteiger partial charge in [0.05, 0.1) is 5.41 Å². The number of hydrogen-bond donors (Lipinski definition) is 3. The molecule has 6 nitrogen and oxygen atoms in total. The molecule has 1 amide bonds. The molecule has 0 bridgehead atoms. The molecular formula is C28H26FN5O. The highest BCUT2D eigenvalue weighted by atomic mass is 19.1. The van der Waals surface area contributed by atoms with Gasteiger partial charge in [0.15, 0.2) is 0 Å².